The lowest BCUT2D eigenvalue weighted by Crippen LogP contribution is -2.45. The molecule has 1 saturated heterocycles. The molecule has 2 aromatic rings. The zero-order valence-electron chi connectivity index (χ0n) is 22.8. The molecule has 1 atom stereocenters. The van der Waals surface area contributed by atoms with Gasteiger partial charge in [0.1, 0.15) is 16.7 Å². The van der Waals surface area contributed by atoms with Crippen molar-refractivity contribution in [2.24, 2.45) is 0 Å². The lowest BCUT2D eigenvalue weighted by molar-refractivity contribution is -0.129. The highest BCUT2D eigenvalue weighted by Gasteiger charge is 2.24. The minimum absolute atomic E-state index is 0.0444. The number of halogens is 3. The number of carbonyl (C=O) groups is 2. The maximum absolute atomic E-state index is 14.8. The fraction of sp³-hybridized carbons (Fsp3) is 0.462. The van der Waals surface area contributed by atoms with Gasteiger partial charge >= 0.3 is 6.03 Å². The second-order valence-electron chi connectivity index (χ2n) is 8.62. The summed E-state index contributed by atoms with van der Waals surface area (Å²) in [4.78, 5) is 27.5. The molecule has 3 rings (SSSR count). The second-order valence-corrected chi connectivity index (χ2v) is 10.5. The van der Waals surface area contributed by atoms with E-state index in [-0.39, 0.29) is 29.8 Å². The van der Waals surface area contributed by atoms with E-state index in [2.05, 4.69) is 10.2 Å². The van der Waals surface area contributed by atoms with E-state index in [9.17, 15) is 22.6 Å². The maximum Gasteiger partial charge on any atom is 0.317 e. The predicted molar refractivity (Wildman–Crippen MR) is 149 cm³/mol. The monoisotopic (exact) mass is 603 g/mol. The zero-order chi connectivity index (χ0) is 29.7. The van der Waals surface area contributed by atoms with E-state index in [0.29, 0.717) is 11.6 Å². The van der Waals surface area contributed by atoms with Gasteiger partial charge in [-0.05, 0) is 62.3 Å². The molecule has 2 aromatic carbocycles. The normalized spacial score (nSPS) is 13.8. The van der Waals surface area contributed by atoms with Crippen LogP contribution in [-0.2, 0) is 15.8 Å². The Labute approximate surface area is 240 Å². The molecule has 222 valence electrons. The topological polar surface area (TPSA) is 114 Å². The summed E-state index contributed by atoms with van der Waals surface area (Å²) < 4.78 is 49.0. The SMILES string of the molecule is CC.CN(CCN(CC(=O)NO)S(=O)c1cc(F)c(Oc2ccc(Cl)cc2)c(F)c1)C(=O)NCCN1CCCC1. The van der Waals surface area contributed by atoms with Crippen LogP contribution in [0.4, 0.5) is 13.6 Å². The van der Waals surface area contributed by atoms with Crippen molar-refractivity contribution in [3.8, 4) is 11.5 Å². The Morgan fingerprint density at radius 2 is 1.70 bits per heavy atom. The van der Waals surface area contributed by atoms with E-state index in [1.54, 1.807) is 0 Å². The van der Waals surface area contributed by atoms with Crippen molar-refractivity contribution in [1.29, 1.82) is 0 Å². The average Bonchev–Trinajstić information content (AvgIpc) is 3.47. The summed E-state index contributed by atoms with van der Waals surface area (Å²) in [6.07, 6.45) is 2.29. The highest BCUT2D eigenvalue weighted by atomic mass is 35.5. The van der Waals surface area contributed by atoms with Gasteiger partial charge in [0.25, 0.3) is 5.91 Å². The quantitative estimate of drug-likeness (QED) is 0.250. The molecule has 14 heteroatoms. The van der Waals surface area contributed by atoms with Crippen LogP contribution in [0.5, 0.6) is 11.5 Å². The fourth-order valence-corrected chi connectivity index (χ4v) is 5.06. The molecule has 1 aliphatic rings. The highest BCUT2D eigenvalue weighted by Crippen LogP contribution is 2.30. The summed E-state index contributed by atoms with van der Waals surface area (Å²) >= 11 is 5.80. The molecule has 1 heterocycles. The van der Waals surface area contributed by atoms with E-state index in [1.807, 2.05) is 13.8 Å². The molecule has 1 fully saturated rings. The molecule has 10 nitrogen and oxygen atoms in total. The van der Waals surface area contributed by atoms with Crippen LogP contribution in [0.15, 0.2) is 41.3 Å². The number of benzene rings is 2. The van der Waals surface area contributed by atoms with Crippen molar-refractivity contribution in [3.63, 3.8) is 0 Å². The smallest absolute Gasteiger partial charge is 0.317 e. The van der Waals surface area contributed by atoms with Crippen LogP contribution >= 0.6 is 11.6 Å². The van der Waals surface area contributed by atoms with Gasteiger partial charge in [-0.1, -0.05) is 25.4 Å². The first-order valence-corrected chi connectivity index (χ1v) is 14.4. The minimum atomic E-state index is -2.22. The van der Waals surface area contributed by atoms with Crippen LogP contribution in [0.1, 0.15) is 26.7 Å². The van der Waals surface area contributed by atoms with Crippen LogP contribution in [0.25, 0.3) is 0 Å². The summed E-state index contributed by atoms with van der Waals surface area (Å²) in [7, 11) is -0.687. The predicted octanol–water partition coefficient (Wildman–Crippen LogP) is 4.00. The summed E-state index contributed by atoms with van der Waals surface area (Å²) in [5.74, 6) is -3.66. The van der Waals surface area contributed by atoms with Gasteiger partial charge in [-0.15, -0.1) is 0 Å². The van der Waals surface area contributed by atoms with Crippen molar-refractivity contribution in [2.75, 3.05) is 52.9 Å². The Bertz CT molecular complexity index is 1120. The van der Waals surface area contributed by atoms with Crippen molar-refractivity contribution < 1.29 is 32.5 Å². The number of ether oxygens (including phenoxy) is 1. The number of hydrogen-bond donors (Lipinski definition) is 3. The third kappa shape index (κ3) is 10.3. The van der Waals surface area contributed by atoms with E-state index in [4.69, 9.17) is 21.5 Å². The van der Waals surface area contributed by atoms with Crippen molar-refractivity contribution in [1.82, 2.24) is 24.9 Å². The van der Waals surface area contributed by atoms with Crippen LogP contribution in [-0.4, -0.2) is 88.3 Å². The third-order valence-electron chi connectivity index (χ3n) is 5.82. The fourth-order valence-electron chi connectivity index (χ4n) is 3.75. The summed E-state index contributed by atoms with van der Waals surface area (Å²) in [6.45, 7) is 6.62. The van der Waals surface area contributed by atoms with Gasteiger partial charge in [0.2, 0.25) is 0 Å². The Kier molecular flexibility index (Phi) is 14.2. The lowest BCUT2D eigenvalue weighted by atomic mass is 10.3. The number of likely N-dealkylation sites (tertiary alicyclic amines) is 1. The number of hydroxylamine groups is 1. The average molecular weight is 604 g/mol. The number of nitrogens with zero attached hydrogens (tertiary/aromatic N) is 3. The molecule has 3 amide bonds. The first-order chi connectivity index (χ1) is 19.2. The summed E-state index contributed by atoms with van der Waals surface area (Å²) in [5.41, 5.74) is 1.44. The van der Waals surface area contributed by atoms with Gasteiger partial charge in [0, 0.05) is 38.2 Å². The van der Waals surface area contributed by atoms with Crippen LogP contribution < -0.4 is 15.5 Å². The van der Waals surface area contributed by atoms with Gasteiger partial charge in [0.15, 0.2) is 17.4 Å². The number of likely N-dealkylation sites (N-methyl/N-ethyl adjacent to an activating group) is 1. The Morgan fingerprint density at radius 1 is 1.10 bits per heavy atom. The van der Waals surface area contributed by atoms with Crippen molar-refractivity contribution in [3.05, 3.63) is 53.1 Å². The molecule has 3 N–H and O–H groups in total. The number of urea groups is 1. The Balaban J connectivity index is 0.00000274. The molecule has 0 aliphatic carbocycles. The Morgan fingerprint density at radius 3 is 2.27 bits per heavy atom. The minimum Gasteiger partial charge on any atom is -0.451 e. The first-order valence-electron chi connectivity index (χ1n) is 12.9. The molecule has 1 unspecified atom stereocenters. The van der Waals surface area contributed by atoms with Crippen LogP contribution in [0.3, 0.4) is 0 Å². The van der Waals surface area contributed by atoms with Crippen molar-refractivity contribution >= 4 is 34.5 Å². The van der Waals surface area contributed by atoms with E-state index >= 15 is 0 Å². The Hall–Kier alpha value is -2.84. The molecular weight excluding hydrogens is 568 g/mol. The number of rotatable bonds is 12. The number of nitrogens with one attached hydrogen (secondary N) is 2. The van der Waals surface area contributed by atoms with Crippen LogP contribution in [0.2, 0.25) is 5.02 Å². The van der Waals surface area contributed by atoms with Gasteiger partial charge < -0.3 is 19.9 Å². The van der Waals surface area contributed by atoms with Gasteiger partial charge in [-0.25, -0.2) is 27.6 Å². The third-order valence-corrected chi connectivity index (χ3v) is 7.49. The van der Waals surface area contributed by atoms with E-state index in [0.717, 1.165) is 48.9 Å². The van der Waals surface area contributed by atoms with Gasteiger partial charge in [0.05, 0.1) is 11.4 Å². The molecule has 0 aromatic heterocycles. The molecule has 0 spiro atoms. The number of amides is 3. The van der Waals surface area contributed by atoms with Crippen LogP contribution in [0, 0.1) is 11.6 Å². The largest absolute Gasteiger partial charge is 0.451 e. The van der Waals surface area contributed by atoms with Gasteiger partial charge in [-0.2, -0.15) is 0 Å². The lowest BCUT2D eigenvalue weighted by Gasteiger charge is -2.24. The zero-order valence-corrected chi connectivity index (χ0v) is 24.4. The molecule has 0 saturated carbocycles. The standard InChI is InChI=1S/C24H30ClF2N5O5S.C2H6/c1-30(24(34)28-8-11-31-9-2-3-10-31)12-13-32(16-22(33)29-35)38(36)19-14-20(26)23(21(27)15-19)37-18-6-4-17(25)5-7-18;1-2/h4-7,14-15,35H,2-3,8-13,16H2,1H3,(H,28,34)(H,29,33);1-2H3. The molecule has 0 radical (unpaired) electrons. The maximum atomic E-state index is 14.8. The molecule has 1 aliphatic heterocycles. The first kappa shape index (κ1) is 33.4. The van der Waals surface area contributed by atoms with E-state index < -0.39 is 40.8 Å². The number of hydrogen-bond acceptors (Lipinski definition) is 6. The molecule has 0 bridgehead atoms. The molecule has 40 heavy (non-hydrogen) atoms. The summed E-state index contributed by atoms with van der Waals surface area (Å²) in [5, 5.41) is 12.1. The second kappa shape index (κ2) is 17.1. The molecular formula is C26H36ClF2N5O5S. The van der Waals surface area contributed by atoms with Gasteiger partial charge in [-0.3, -0.25) is 10.0 Å². The highest BCUT2D eigenvalue weighted by molar-refractivity contribution is 7.82. The summed E-state index contributed by atoms with van der Waals surface area (Å²) in [6, 6.07) is 7.16. The number of carbonyl (C=O) groups excluding carboxylic acids is 2. The van der Waals surface area contributed by atoms with Crippen molar-refractivity contribution in [2.45, 2.75) is 31.6 Å². The van der Waals surface area contributed by atoms with E-state index in [1.165, 1.54) is 41.7 Å².